The van der Waals surface area contributed by atoms with E-state index in [9.17, 15) is 0 Å². The third kappa shape index (κ3) is 3.26. The Balaban J connectivity index is 2.10. The van der Waals surface area contributed by atoms with Gasteiger partial charge < -0.3 is 10.1 Å². The summed E-state index contributed by atoms with van der Waals surface area (Å²) in [5.41, 5.74) is 1.46. The van der Waals surface area contributed by atoms with Crippen LogP contribution in [-0.4, -0.2) is 20.2 Å². The normalized spacial score (nSPS) is 17.9. The Morgan fingerprint density at radius 2 is 1.89 bits per heavy atom. The van der Waals surface area contributed by atoms with Crippen LogP contribution in [0.5, 0.6) is 5.75 Å². The van der Waals surface area contributed by atoms with Crippen molar-refractivity contribution in [3.05, 3.63) is 29.8 Å². The van der Waals surface area contributed by atoms with Gasteiger partial charge in [-0.2, -0.15) is 0 Å². The first-order valence-electron chi connectivity index (χ1n) is 7.19. The number of methoxy groups -OCH3 is 1. The molecule has 18 heavy (non-hydrogen) atoms. The van der Waals surface area contributed by atoms with Gasteiger partial charge in [0.05, 0.1) is 7.11 Å². The van der Waals surface area contributed by atoms with Crippen LogP contribution in [0, 0.1) is 5.92 Å². The number of hydrogen-bond donors (Lipinski definition) is 1. The van der Waals surface area contributed by atoms with Crippen molar-refractivity contribution >= 4 is 0 Å². The Bertz CT molecular complexity index is 341. The minimum Gasteiger partial charge on any atom is -0.497 e. The molecule has 1 atom stereocenters. The lowest BCUT2D eigenvalue weighted by Crippen LogP contribution is -2.25. The van der Waals surface area contributed by atoms with E-state index in [0.29, 0.717) is 5.92 Å². The van der Waals surface area contributed by atoms with Gasteiger partial charge in [-0.3, -0.25) is 0 Å². The predicted molar refractivity (Wildman–Crippen MR) is 76.2 cm³/mol. The number of likely N-dealkylation sites (N-methyl/N-ethyl adjacent to an activating group) is 1. The highest BCUT2D eigenvalue weighted by atomic mass is 16.5. The van der Waals surface area contributed by atoms with Crippen molar-refractivity contribution < 1.29 is 4.74 Å². The van der Waals surface area contributed by atoms with E-state index in [1.165, 1.54) is 31.2 Å². The second-order valence-electron chi connectivity index (χ2n) is 5.23. The van der Waals surface area contributed by atoms with Crippen LogP contribution in [0.1, 0.15) is 44.1 Å². The van der Waals surface area contributed by atoms with Crippen LogP contribution < -0.4 is 10.1 Å². The molecule has 1 unspecified atom stereocenters. The number of hydrogen-bond acceptors (Lipinski definition) is 2. The van der Waals surface area contributed by atoms with E-state index in [2.05, 4.69) is 36.5 Å². The maximum absolute atomic E-state index is 5.24. The largest absolute Gasteiger partial charge is 0.497 e. The zero-order valence-electron chi connectivity index (χ0n) is 11.6. The van der Waals surface area contributed by atoms with Crippen LogP contribution >= 0.6 is 0 Å². The van der Waals surface area contributed by atoms with Gasteiger partial charge in [0.15, 0.2) is 0 Å². The first kappa shape index (κ1) is 13.4. The smallest absolute Gasteiger partial charge is 0.118 e. The van der Waals surface area contributed by atoms with Crippen LogP contribution in [-0.2, 0) is 0 Å². The monoisotopic (exact) mass is 247 g/mol. The first-order valence-corrected chi connectivity index (χ1v) is 7.19. The molecule has 0 spiro atoms. The van der Waals surface area contributed by atoms with Gasteiger partial charge in [0.2, 0.25) is 0 Å². The molecule has 0 aliphatic heterocycles. The molecule has 1 N–H and O–H groups in total. The summed E-state index contributed by atoms with van der Waals surface area (Å²) in [7, 11) is 1.72. The molecule has 1 fully saturated rings. The summed E-state index contributed by atoms with van der Waals surface area (Å²) in [6.07, 6.45) is 5.59. The fourth-order valence-corrected chi connectivity index (χ4v) is 3.07. The number of benzene rings is 1. The van der Waals surface area contributed by atoms with Crippen LogP contribution in [0.15, 0.2) is 24.3 Å². The average molecular weight is 247 g/mol. The SMILES string of the molecule is CCNCC(c1ccc(OC)cc1)C1CCCC1. The Hall–Kier alpha value is -1.02. The van der Waals surface area contributed by atoms with Crippen molar-refractivity contribution in [3.63, 3.8) is 0 Å². The predicted octanol–water partition coefficient (Wildman–Crippen LogP) is 3.58. The summed E-state index contributed by atoms with van der Waals surface area (Å²) in [6.45, 7) is 4.34. The minimum absolute atomic E-state index is 0.665. The average Bonchev–Trinajstić information content (AvgIpc) is 2.94. The Kier molecular flexibility index (Phi) is 5.06. The molecule has 100 valence electrons. The Morgan fingerprint density at radius 3 is 2.44 bits per heavy atom. The highest BCUT2D eigenvalue weighted by Crippen LogP contribution is 2.37. The molecule has 1 saturated carbocycles. The molecule has 0 radical (unpaired) electrons. The highest BCUT2D eigenvalue weighted by molar-refractivity contribution is 5.30. The van der Waals surface area contributed by atoms with Crippen molar-refractivity contribution in [1.82, 2.24) is 5.32 Å². The lowest BCUT2D eigenvalue weighted by atomic mass is 9.84. The van der Waals surface area contributed by atoms with E-state index < -0.39 is 0 Å². The van der Waals surface area contributed by atoms with Gasteiger partial charge in [-0.05, 0) is 48.9 Å². The quantitative estimate of drug-likeness (QED) is 0.829. The second kappa shape index (κ2) is 6.79. The fraction of sp³-hybridized carbons (Fsp3) is 0.625. The van der Waals surface area contributed by atoms with Gasteiger partial charge in [0.25, 0.3) is 0 Å². The molecule has 1 aliphatic carbocycles. The van der Waals surface area contributed by atoms with Gasteiger partial charge >= 0.3 is 0 Å². The molecule has 2 rings (SSSR count). The topological polar surface area (TPSA) is 21.3 Å². The second-order valence-corrected chi connectivity index (χ2v) is 5.23. The summed E-state index contributed by atoms with van der Waals surface area (Å²) >= 11 is 0. The highest BCUT2D eigenvalue weighted by Gasteiger charge is 2.25. The van der Waals surface area contributed by atoms with Crippen molar-refractivity contribution in [2.24, 2.45) is 5.92 Å². The molecule has 0 saturated heterocycles. The zero-order chi connectivity index (χ0) is 12.8. The van der Waals surface area contributed by atoms with E-state index in [0.717, 1.165) is 24.8 Å². The van der Waals surface area contributed by atoms with Gasteiger partial charge in [-0.1, -0.05) is 31.9 Å². The third-order valence-electron chi connectivity index (χ3n) is 4.13. The van der Waals surface area contributed by atoms with Crippen molar-refractivity contribution in [2.45, 2.75) is 38.5 Å². The summed E-state index contributed by atoms with van der Waals surface area (Å²) in [4.78, 5) is 0. The van der Waals surface area contributed by atoms with Crippen molar-refractivity contribution in [2.75, 3.05) is 20.2 Å². The van der Waals surface area contributed by atoms with Crippen LogP contribution in [0.3, 0.4) is 0 Å². The van der Waals surface area contributed by atoms with Gasteiger partial charge in [0.1, 0.15) is 5.75 Å². The molecular weight excluding hydrogens is 222 g/mol. The lowest BCUT2D eigenvalue weighted by Gasteiger charge is -2.24. The molecular formula is C16H25NO. The summed E-state index contributed by atoms with van der Waals surface area (Å²) in [5, 5.41) is 3.52. The molecule has 2 nitrogen and oxygen atoms in total. The zero-order valence-corrected chi connectivity index (χ0v) is 11.6. The molecule has 0 amide bonds. The molecule has 0 aromatic heterocycles. The summed E-state index contributed by atoms with van der Waals surface area (Å²) in [5.74, 6) is 2.48. The molecule has 0 bridgehead atoms. The standard InChI is InChI=1S/C16H25NO/c1-3-17-12-16(13-6-4-5-7-13)14-8-10-15(18-2)11-9-14/h8-11,13,16-17H,3-7,12H2,1-2H3. The number of ether oxygens (including phenoxy) is 1. The molecule has 1 aliphatic rings. The van der Waals surface area contributed by atoms with E-state index in [4.69, 9.17) is 4.74 Å². The maximum atomic E-state index is 5.24. The number of nitrogens with one attached hydrogen (secondary N) is 1. The van der Waals surface area contributed by atoms with Gasteiger partial charge in [-0.15, -0.1) is 0 Å². The fourth-order valence-electron chi connectivity index (χ4n) is 3.07. The maximum Gasteiger partial charge on any atom is 0.118 e. The first-order chi connectivity index (χ1) is 8.85. The molecule has 1 aromatic carbocycles. The van der Waals surface area contributed by atoms with E-state index in [1.807, 2.05) is 0 Å². The van der Waals surface area contributed by atoms with E-state index >= 15 is 0 Å². The summed E-state index contributed by atoms with van der Waals surface area (Å²) < 4.78 is 5.24. The van der Waals surface area contributed by atoms with Crippen LogP contribution in [0.25, 0.3) is 0 Å². The number of rotatable bonds is 6. The Morgan fingerprint density at radius 1 is 1.22 bits per heavy atom. The summed E-state index contributed by atoms with van der Waals surface area (Å²) in [6, 6.07) is 8.64. The molecule has 0 heterocycles. The molecule has 1 aromatic rings. The van der Waals surface area contributed by atoms with E-state index in [-0.39, 0.29) is 0 Å². The minimum atomic E-state index is 0.665. The Labute approximate surface area is 111 Å². The van der Waals surface area contributed by atoms with Crippen molar-refractivity contribution in [1.29, 1.82) is 0 Å². The van der Waals surface area contributed by atoms with Gasteiger partial charge in [-0.25, -0.2) is 0 Å². The van der Waals surface area contributed by atoms with Crippen LogP contribution in [0.2, 0.25) is 0 Å². The van der Waals surface area contributed by atoms with Crippen LogP contribution in [0.4, 0.5) is 0 Å². The van der Waals surface area contributed by atoms with E-state index in [1.54, 1.807) is 7.11 Å². The van der Waals surface area contributed by atoms with Gasteiger partial charge in [0, 0.05) is 6.54 Å². The third-order valence-corrected chi connectivity index (χ3v) is 4.13. The lowest BCUT2D eigenvalue weighted by molar-refractivity contribution is 0.407. The van der Waals surface area contributed by atoms with Crippen molar-refractivity contribution in [3.8, 4) is 5.75 Å². The molecule has 2 heteroatoms.